The summed E-state index contributed by atoms with van der Waals surface area (Å²) in [5.74, 6) is 0.0244. The number of likely N-dealkylation sites (tertiary alicyclic amines) is 1. The Morgan fingerprint density at radius 1 is 1.00 bits per heavy atom. The topological polar surface area (TPSA) is 33.5 Å². The van der Waals surface area contributed by atoms with E-state index in [-0.39, 0.29) is 17.9 Å². The van der Waals surface area contributed by atoms with Crippen LogP contribution >= 0.6 is 23.2 Å². The number of piperidine rings is 1. The fraction of sp³-hybridized carbons (Fsp3) is 0.650. The molecule has 2 fully saturated rings. The number of amides is 1. The molecule has 138 valence electrons. The van der Waals surface area contributed by atoms with E-state index in [1.807, 2.05) is 6.07 Å². The number of hydrogen-bond acceptors (Lipinski definition) is 1. The van der Waals surface area contributed by atoms with E-state index in [4.69, 9.17) is 23.2 Å². The fourth-order valence-electron chi connectivity index (χ4n) is 4.58. The third-order valence-electron chi connectivity index (χ3n) is 6.04. The van der Waals surface area contributed by atoms with E-state index < -0.39 is 0 Å². The summed E-state index contributed by atoms with van der Waals surface area (Å²) in [5, 5.41) is 4.35. The van der Waals surface area contributed by atoms with Crippen LogP contribution in [0.2, 0.25) is 10.0 Å². The lowest BCUT2D eigenvalue weighted by atomic mass is 9.79. The second kappa shape index (κ2) is 8.75. The summed E-state index contributed by atoms with van der Waals surface area (Å²) in [4.78, 5) is 14.3. The van der Waals surface area contributed by atoms with Crippen molar-refractivity contribution in [1.29, 1.82) is 0 Å². The van der Waals surface area contributed by atoms with Gasteiger partial charge in [-0.05, 0) is 49.8 Å². The van der Waals surface area contributed by atoms with Gasteiger partial charge in [-0.1, -0.05) is 35.7 Å². The highest BCUT2D eigenvalue weighted by atomic mass is 35.5. The van der Waals surface area contributed by atoms with Crippen molar-refractivity contribution in [1.82, 2.24) is 5.32 Å². The summed E-state index contributed by atoms with van der Waals surface area (Å²) in [6, 6.07) is 5.38. The molecule has 0 bridgehead atoms. The highest BCUT2D eigenvalue weighted by molar-refractivity contribution is 6.36. The maximum absolute atomic E-state index is 12.5. The molecule has 1 aromatic rings. The van der Waals surface area contributed by atoms with Crippen molar-refractivity contribution in [2.75, 3.05) is 19.6 Å². The summed E-state index contributed by atoms with van der Waals surface area (Å²) in [5.41, 5.74) is 0.963. The van der Waals surface area contributed by atoms with E-state index in [9.17, 15) is 4.79 Å². The number of quaternary nitrogens is 1. The number of hydrogen-bond donors (Lipinski definition) is 2. The SMILES string of the molecule is O=C(Cc1c(Cl)cccc1Cl)NCC1([NH+]2CCCCC2)CCCCC1. The van der Waals surface area contributed by atoms with Crippen LogP contribution in [0.4, 0.5) is 0 Å². The van der Waals surface area contributed by atoms with Gasteiger partial charge >= 0.3 is 0 Å². The van der Waals surface area contributed by atoms with Gasteiger partial charge in [0.1, 0.15) is 5.54 Å². The van der Waals surface area contributed by atoms with Gasteiger partial charge in [0, 0.05) is 22.9 Å². The summed E-state index contributed by atoms with van der Waals surface area (Å²) < 4.78 is 0. The Hall–Kier alpha value is -0.770. The molecule has 1 heterocycles. The molecule has 1 aliphatic heterocycles. The average molecular weight is 384 g/mol. The Labute approximate surface area is 161 Å². The fourth-order valence-corrected chi connectivity index (χ4v) is 5.12. The number of nitrogens with one attached hydrogen (secondary N) is 2. The third kappa shape index (κ3) is 4.69. The molecular formula is C20H29Cl2N2O+. The normalized spacial score (nSPS) is 21.0. The van der Waals surface area contributed by atoms with Gasteiger partial charge in [0.25, 0.3) is 0 Å². The van der Waals surface area contributed by atoms with Crippen LogP contribution in [0.5, 0.6) is 0 Å². The Kier molecular flexibility index (Phi) is 6.65. The van der Waals surface area contributed by atoms with Gasteiger partial charge < -0.3 is 10.2 Å². The zero-order chi connectivity index (χ0) is 17.7. The maximum atomic E-state index is 12.5. The first-order valence-electron chi connectivity index (χ1n) is 9.65. The van der Waals surface area contributed by atoms with Crippen LogP contribution in [0.3, 0.4) is 0 Å². The molecule has 0 radical (unpaired) electrons. The summed E-state index contributed by atoms with van der Waals surface area (Å²) >= 11 is 12.4. The minimum atomic E-state index is 0.0244. The number of rotatable bonds is 5. The number of carbonyl (C=O) groups excluding carboxylic acids is 1. The van der Waals surface area contributed by atoms with Gasteiger partial charge in [-0.2, -0.15) is 0 Å². The highest BCUT2D eigenvalue weighted by Gasteiger charge is 2.42. The molecule has 1 amide bonds. The summed E-state index contributed by atoms with van der Waals surface area (Å²) in [7, 11) is 0. The molecular weight excluding hydrogens is 355 g/mol. The zero-order valence-electron chi connectivity index (χ0n) is 14.9. The molecule has 5 heteroatoms. The van der Waals surface area contributed by atoms with E-state index in [1.54, 1.807) is 17.0 Å². The molecule has 3 nitrogen and oxygen atoms in total. The van der Waals surface area contributed by atoms with Crippen molar-refractivity contribution in [2.24, 2.45) is 0 Å². The molecule has 0 spiro atoms. The van der Waals surface area contributed by atoms with Crippen molar-refractivity contribution >= 4 is 29.1 Å². The average Bonchev–Trinajstić information content (AvgIpc) is 2.65. The van der Waals surface area contributed by atoms with Gasteiger partial charge in [-0.25, -0.2) is 0 Å². The molecule has 25 heavy (non-hydrogen) atoms. The van der Waals surface area contributed by atoms with E-state index in [2.05, 4.69) is 5.32 Å². The number of benzene rings is 1. The standard InChI is InChI=1S/C20H28Cl2N2O/c21-17-8-7-9-18(22)16(17)14-19(25)23-15-20(10-3-1-4-11-20)24-12-5-2-6-13-24/h7-9H,1-6,10-15H2,(H,23,25)/p+1. The first-order chi connectivity index (χ1) is 12.1. The van der Waals surface area contributed by atoms with Crippen molar-refractivity contribution in [3.63, 3.8) is 0 Å². The molecule has 1 aliphatic carbocycles. The Morgan fingerprint density at radius 2 is 1.60 bits per heavy atom. The third-order valence-corrected chi connectivity index (χ3v) is 6.75. The minimum Gasteiger partial charge on any atom is -0.350 e. The van der Waals surface area contributed by atoms with Gasteiger partial charge in [0.2, 0.25) is 5.91 Å². The molecule has 2 N–H and O–H groups in total. The second-order valence-corrected chi connectivity index (χ2v) is 8.47. The van der Waals surface area contributed by atoms with Crippen LogP contribution in [0.25, 0.3) is 0 Å². The molecule has 1 saturated carbocycles. The van der Waals surface area contributed by atoms with E-state index in [1.165, 1.54) is 64.5 Å². The lowest BCUT2D eigenvalue weighted by molar-refractivity contribution is -0.957. The van der Waals surface area contributed by atoms with Crippen molar-refractivity contribution in [3.8, 4) is 0 Å². The van der Waals surface area contributed by atoms with Gasteiger partial charge in [0.15, 0.2) is 0 Å². The predicted molar refractivity (Wildman–Crippen MR) is 104 cm³/mol. The molecule has 0 aromatic heterocycles. The highest BCUT2D eigenvalue weighted by Crippen LogP contribution is 2.27. The quantitative estimate of drug-likeness (QED) is 0.802. The Morgan fingerprint density at radius 3 is 2.24 bits per heavy atom. The molecule has 0 unspecified atom stereocenters. The Balaban J connectivity index is 1.63. The minimum absolute atomic E-state index is 0.0244. The molecule has 2 aliphatic rings. The largest absolute Gasteiger partial charge is 0.350 e. The van der Waals surface area contributed by atoms with Crippen LogP contribution in [0.15, 0.2) is 18.2 Å². The predicted octanol–water partition coefficient (Wildman–Crippen LogP) is 3.42. The molecule has 0 atom stereocenters. The monoisotopic (exact) mass is 383 g/mol. The van der Waals surface area contributed by atoms with Crippen molar-refractivity contribution < 1.29 is 9.69 Å². The van der Waals surface area contributed by atoms with E-state index in [0.717, 1.165) is 12.1 Å². The van der Waals surface area contributed by atoms with E-state index >= 15 is 0 Å². The van der Waals surface area contributed by atoms with Crippen LogP contribution in [0.1, 0.15) is 56.9 Å². The lowest BCUT2D eigenvalue weighted by Gasteiger charge is -2.45. The molecule has 1 saturated heterocycles. The van der Waals surface area contributed by atoms with Crippen LogP contribution < -0.4 is 10.2 Å². The number of carbonyl (C=O) groups is 1. The number of halogens is 2. The van der Waals surface area contributed by atoms with E-state index in [0.29, 0.717) is 10.0 Å². The van der Waals surface area contributed by atoms with Gasteiger partial charge in [-0.15, -0.1) is 0 Å². The lowest BCUT2D eigenvalue weighted by Crippen LogP contribution is -3.22. The summed E-state index contributed by atoms with van der Waals surface area (Å²) in [6.07, 6.45) is 10.6. The van der Waals surface area contributed by atoms with Crippen molar-refractivity contribution in [2.45, 2.75) is 63.3 Å². The first-order valence-corrected chi connectivity index (χ1v) is 10.4. The van der Waals surface area contributed by atoms with Gasteiger partial charge in [0.05, 0.1) is 26.1 Å². The van der Waals surface area contributed by atoms with Crippen LogP contribution in [-0.4, -0.2) is 31.1 Å². The van der Waals surface area contributed by atoms with Gasteiger partial charge in [-0.3, -0.25) is 4.79 Å². The smallest absolute Gasteiger partial charge is 0.224 e. The zero-order valence-corrected chi connectivity index (χ0v) is 16.4. The summed E-state index contributed by atoms with van der Waals surface area (Å²) in [6.45, 7) is 3.29. The Bertz CT molecular complexity index is 573. The first kappa shape index (κ1) is 19.0. The second-order valence-electron chi connectivity index (χ2n) is 7.66. The van der Waals surface area contributed by atoms with Crippen LogP contribution in [-0.2, 0) is 11.2 Å². The maximum Gasteiger partial charge on any atom is 0.224 e. The van der Waals surface area contributed by atoms with Crippen LogP contribution in [0, 0.1) is 0 Å². The van der Waals surface area contributed by atoms with Crippen molar-refractivity contribution in [3.05, 3.63) is 33.8 Å². The molecule has 3 rings (SSSR count). The molecule has 1 aromatic carbocycles.